The highest BCUT2D eigenvalue weighted by Gasteiger charge is 2.26. The Morgan fingerprint density at radius 1 is 1.27 bits per heavy atom. The lowest BCUT2D eigenvalue weighted by Crippen LogP contribution is -2.44. The Balaban J connectivity index is 2.59. The molecular weight excluding hydrogens is 284 g/mol. The van der Waals surface area contributed by atoms with Crippen molar-refractivity contribution < 1.29 is 14.3 Å². The van der Waals surface area contributed by atoms with Crippen LogP contribution in [-0.2, 0) is 11.2 Å². The first-order valence-electron chi connectivity index (χ1n) is 6.64. The zero-order valence-electron chi connectivity index (χ0n) is 12.5. The van der Waals surface area contributed by atoms with Crippen LogP contribution in [0.15, 0.2) is 24.3 Å². The van der Waals surface area contributed by atoms with Crippen LogP contribution in [0.2, 0.25) is 0 Å². The molecule has 116 valence electrons. The average Bonchev–Trinajstić information content (AvgIpc) is 2.50. The predicted octanol–water partition coefficient (Wildman–Crippen LogP) is 0.906. The number of amides is 1. The summed E-state index contributed by atoms with van der Waals surface area (Å²) in [6, 6.07) is 3.48. The van der Waals surface area contributed by atoms with E-state index in [2.05, 4.69) is 0 Å². The van der Waals surface area contributed by atoms with Gasteiger partial charge >= 0.3 is 0 Å². The van der Waals surface area contributed by atoms with Gasteiger partial charge in [-0.2, -0.15) is 0 Å². The molecular formula is C15H18N4O3. The topological polar surface area (TPSA) is 112 Å². The van der Waals surface area contributed by atoms with Crippen molar-refractivity contribution in [2.75, 3.05) is 20.8 Å². The maximum Gasteiger partial charge on any atom is 0.284 e. The number of methoxy groups -OCH3 is 2. The summed E-state index contributed by atoms with van der Waals surface area (Å²) in [5.41, 5.74) is 6.52. The Labute approximate surface area is 128 Å². The third kappa shape index (κ3) is 2.78. The molecule has 1 aromatic rings. The van der Waals surface area contributed by atoms with Crippen molar-refractivity contribution in [2.24, 2.45) is 5.73 Å². The standard InChI is InChI=1S/C15H18N4O3/c1-21-10-7-9-5-3-4-6-19(14(17)15(18)20)13(16)12(9)11(8-10)22-2/h3-4,7-8,16-17H,5-6H2,1-2H3,(H2,18,20)/b4-3-,16-13?,17-14?. The minimum atomic E-state index is -0.882. The Morgan fingerprint density at radius 3 is 2.59 bits per heavy atom. The molecule has 0 spiro atoms. The molecule has 0 saturated carbocycles. The number of hydrogen-bond acceptors (Lipinski definition) is 5. The van der Waals surface area contributed by atoms with Gasteiger partial charge in [-0.15, -0.1) is 0 Å². The Hall–Kier alpha value is -2.83. The molecule has 7 heteroatoms. The lowest BCUT2D eigenvalue weighted by Gasteiger charge is -2.27. The van der Waals surface area contributed by atoms with Crippen LogP contribution in [-0.4, -0.2) is 43.2 Å². The van der Waals surface area contributed by atoms with Crippen molar-refractivity contribution in [3.63, 3.8) is 0 Å². The zero-order valence-corrected chi connectivity index (χ0v) is 12.5. The minimum absolute atomic E-state index is 0.00246. The molecule has 0 aromatic heterocycles. The summed E-state index contributed by atoms with van der Waals surface area (Å²) in [6.07, 6.45) is 4.30. The molecule has 0 bridgehead atoms. The molecule has 0 unspecified atom stereocenters. The van der Waals surface area contributed by atoms with Crippen molar-refractivity contribution in [1.29, 1.82) is 10.8 Å². The van der Waals surface area contributed by atoms with Gasteiger partial charge in [0.1, 0.15) is 17.3 Å². The number of allylic oxidation sites excluding steroid dienone is 1. The first-order valence-corrected chi connectivity index (χ1v) is 6.64. The van der Waals surface area contributed by atoms with Gasteiger partial charge in [0.15, 0.2) is 5.84 Å². The molecule has 0 saturated heterocycles. The maximum atomic E-state index is 11.3. The molecule has 22 heavy (non-hydrogen) atoms. The fourth-order valence-corrected chi connectivity index (χ4v) is 2.31. The highest BCUT2D eigenvalue weighted by Crippen LogP contribution is 2.31. The third-order valence-corrected chi connectivity index (χ3v) is 3.42. The fourth-order valence-electron chi connectivity index (χ4n) is 2.31. The van der Waals surface area contributed by atoms with E-state index in [4.69, 9.17) is 26.0 Å². The third-order valence-electron chi connectivity index (χ3n) is 3.42. The zero-order chi connectivity index (χ0) is 16.3. The molecule has 2 rings (SSSR count). The molecule has 0 aliphatic carbocycles. The summed E-state index contributed by atoms with van der Waals surface area (Å²) in [5, 5.41) is 16.2. The van der Waals surface area contributed by atoms with Gasteiger partial charge in [0, 0.05) is 12.6 Å². The van der Waals surface area contributed by atoms with Gasteiger partial charge in [-0.3, -0.25) is 15.6 Å². The number of nitrogens with two attached hydrogens (primary N) is 1. The molecule has 1 aliphatic heterocycles. The highest BCUT2D eigenvalue weighted by atomic mass is 16.5. The van der Waals surface area contributed by atoms with Crippen LogP contribution in [0, 0.1) is 10.8 Å². The minimum Gasteiger partial charge on any atom is -0.497 e. The number of amidine groups is 2. The second-order valence-corrected chi connectivity index (χ2v) is 4.71. The van der Waals surface area contributed by atoms with E-state index in [0.29, 0.717) is 23.5 Å². The highest BCUT2D eigenvalue weighted by molar-refractivity contribution is 6.39. The number of carbonyl (C=O) groups is 1. The van der Waals surface area contributed by atoms with E-state index in [-0.39, 0.29) is 12.4 Å². The van der Waals surface area contributed by atoms with Crippen LogP contribution in [0.25, 0.3) is 0 Å². The molecule has 0 radical (unpaired) electrons. The monoisotopic (exact) mass is 302 g/mol. The first kappa shape index (κ1) is 15.6. The van der Waals surface area contributed by atoms with Crippen LogP contribution in [0.5, 0.6) is 11.5 Å². The molecule has 0 fully saturated rings. The average molecular weight is 302 g/mol. The lowest BCUT2D eigenvalue weighted by molar-refractivity contribution is -0.112. The lowest BCUT2D eigenvalue weighted by atomic mass is 9.99. The van der Waals surface area contributed by atoms with Gasteiger partial charge in [-0.25, -0.2) is 0 Å². The SMILES string of the molecule is COc1cc2c(c(OC)c1)C(=N)N(C(=N)C(N)=O)C/C=C\C2. The van der Waals surface area contributed by atoms with Gasteiger partial charge in [0.05, 0.1) is 19.8 Å². The van der Waals surface area contributed by atoms with Crippen molar-refractivity contribution in [3.8, 4) is 11.5 Å². The number of primary amides is 1. The van der Waals surface area contributed by atoms with Crippen molar-refractivity contribution in [1.82, 2.24) is 4.90 Å². The van der Waals surface area contributed by atoms with E-state index in [1.54, 1.807) is 19.3 Å². The molecule has 4 N–H and O–H groups in total. The second-order valence-electron chi connectivity index (χ2n) is 4.71. The van der Waals surface area contributed by atoms with Gasteiger partial charge in [-0.1, -0.05) is 12.2 Å². The molecule has 7 nitrogen and oxygen atoms in total. The molecule has 1 amide bonds. The largest absolute Gasteiger partial charge is 0.497 e. The Kier molecular flexibility index (Phi) is 4.45. The molecule has 1 aromatic carbocycles. The van der Waals surface area contributed by atoms with E-state index in [0.717, 1.165) is 5.56 Å². The van der Waals surface area contributed by atoms with E-state index < -0.39 is 11.7 Å². The molecule has 0 atom stereocenters. The first-order chi connectivity index (χ1) is 10.5. The smallest absolute Gasteiger partial charge is 0.284 e. The van der Waals surface area contributed by atoms with Crippen molar-refractivity contribution in [3.05, 3.63) is 35.4 Å². The predicted molar refractivity (Wildman–Crippen MR) is 82.8 cm³/mol. The number of hydrogen-bond donors (Lipinski definition) is 3. The quantitative estimate of drug-likeness (QED) is 0.428. The summed E-state index contributed by atoms with van der Waals surface area (Å²) >= 11 is 0. The van der Waals surface area contributed by atoms with Gasteiger partial charge in [-0.05, 0) is 18.1 Å². The normalized spacial score (nSPS) is 15.4. The number of rotatable bonds is 2. The van der Waals surface area contributed by atoms with Gasteiger partial charge in [0.25, 0.3) is 5.91 Å². The van der Waals surface area contributed by atoms with Gasteiger partial charge < -0.3 is 20.1 Å². The fraction of sp³-hybridized carbons (Fsp3) is 0.267. The van der Waals surface area contributed by atoms with E-state index in [1.165, 1.54) is 12.0 Å². The number of ether oxygens (including phenoxy) is 2. The number of nitrogens with zero attached hydrogens (tertiary/aromatic N) is 1. The summed E-state index contributed by atoms with van der Waals surface area (Å²) in [6.45, 7) is 0.231. The maximum absolute atomic E-state index is 11.3. The van der Waals surface area contributed by atoms with Crippen LogP contribution in [0.3, 0.4) is 0 Å². The molecule has 1 aliphatic rings. The Bertz CT molecular complexity index is 667. The second kappa shape index (κ2) is 6.30. The van der Waals surface area contributed by atoms with Crippen LogP contribution >= 0.6 is 0 Å². The van der Waals surface area contributed by atoms with Crippen LogP contribution < -0.4 is 15.2 Å². The van der Waals surface area contributed by atoms with E-state index in [9.17, 15) is 4.79 Å². The van der Waals surface area contributed by atoms with Crippen molar-refractivity contribution in [2.45, 2.75) is 6.42 Å². The molecule has 1 heterocycles. The van der Waals surface area contributed by atoms with Crippen LogP contribution in [0.1, 0.15) is 11.1 Å². The number of benzene rings is 1. The van der Waals surface area contributed by atoms with Crippen molar-refractivity contribution >= 4 is 17.6 Å². The number of carbonyl (C=O) groups excluding carboxylic acids is 1. The van der Waals surface area contributed by atoms with Gasteiger partial charge in [0.2, 0.25) is 0 Å². The summed E-state index contributed by atoms with van der Waals surface area (Å²) in [5.74, 6) is -0.235. The number of nitrogens with one attached hydrogen (secondary N) is 2. The van der Waals surface area contributed by atoms with Crippen LogP contribution in [0.4, 0.5) is 0 Å². The van der Waals surface area contributed by atoms with E-state index in [1.807, 2.05) is 12.1 Å². The summed E-state index contributed by atoms with van der Waals surface area (Å²) in [4.78, 5) is 12.5. The Morgan fingerprint density at radius 2 is 2.00 bits per heavy atom. The van der Waals surface area contributed by atoms with E-state index >= 15 is 0 Å². The summed E-state index contributed by atoms with van der Waals surface area (Å²) in [7, 11) is 3.06. The summed E-state index contributed by atoms with van der Waals surface area (Å²) < 4.78 is 10.6. The number of fused-ring (bicyclic) bond motifs is 1.